The van der Waals surface area contributed by atoms with Crippen molar-refractivity contribution >= 4 is 17.2 Å². The maximum atomic E-state index is 12.2. The summed E-state index contributed by atoms with van der Waals surface area (Å²) in [6.45, 7) is 0. The molecule has 0 saturated heterocycles. The largest absolute Gasteiger partial charge is 0.347 e. The average Bonchev–Trinajstić information content (AvgIpc) is 2.95. The summed E-state index contributed by atoms with van der Waals surface area (Å²) in [4.78, 5) is 13.5. The topological polar surface area (TPSA) is 29.1 Å². The average molecular weight is 285 g/mol. The first-order valence-electron chi connectivity index (χ1n) is 7.17. The van der Waals surface area contributed by atoms with Crippen LogP contribution in [0.2, 0.25) is 0 Å². The van der Waals surface area contributed by atoms with Crippen molar-refractivity contribution in [3.05, 3.63) is 58.3 Å². The number of benzene rings is 1. The molecule has 2 nitrogen and oxygen atoms in total. The molecule has 0 atom stereocenters. The number of hydrogen-bond acceptors (Lipinski definition) is 2. The molecule has 1 aliphatic carbocycles. The minimum Gasteiger partial charge on any atom is -0.347 e. The maximum Gasteiger partial charge on any atom is 0.221 e. The van der Waals surface area contributed by atoms with Crippen LogP contribution in [-0.4, -0.2) is 5.91 Å². The van der Waals surface area contributed by atoms with Crippen LogP contribution in [0, 0.1) is 0 Å². The molecule has 1 N–H and O–H groups in total. The molecule has 1 heterocycles. The van der Waals surface area contributed by atoms with Gasteiger partial charge in [-0.2, -0.15) is 0 Å². The Morgan fingerprint density at radius 2 is 1.95 bits per heavy atom. The maximum absolute atomic E-state index is 12.2. The quantitative estimate of drug-likeness (QED) is 0.887. The molecule has 0 radical (unpaired) electrons. The Kier molecular flexibility index (Phi) is 3.88. The summed E-state index contributed by atoms with van der Waals surface area (Å²) in [6, 6.07) is 14.5. The molecule has 20 heavy (non-hydrogen) atoms. The monoisotopic (exact) mass is 285 g/mol. The van der Waals surface area contributed by atoms with Crippen LogP contribution in [0.3, 0.4) is 0 Å². The van der Waals surface area contributed by atoms with Gasteiger partial charge in [0.05, 0.1) is 5.54 Å². The third-order valence-electron chi connectivity index (χ3n) is 4.09. The van der Waals surface area contributed by atoms with Crippen LogP contribution in [0.25, 0.3) is 0 Å². The van der Waals surface area contributed by atoms with Gasteiger partial charge in [-0.25, -0.2) is 0 Å². The molecule has 1 aromatic heterocycles. The van der Waals surface area contributed by atoms with Crippen LogP contribution < -0.4 is 5.32 Å². The normalized spacial score (nSPS) is 16.4. The summed E-state index contributed by atoms with van der Waals surface area (Å²) >= 11 is 1.72. The SMILES string of the molecule is O=C(CCc1cccs1)NC1(c2ccccc2)CCC1. The predicted octanol–water partition coefficient (Wildman–Crippen LogP) is 3.88. The fourth-order valence-corrected chi connectivity index (χ4v) is 3.50. The molecule has 1 saturated carbocycles. The molecule has 1 amide bonds. The smallest absolute Gasteiger partial charge is 0.221 e. The van der Waals surface area contributed by atoms with E-state index in [1.54, 1.807) is 11.3 Å². The van der Waals surface area contributed by atoms with Gasteiger partial charge in [-0.05, 0) is 42.7 Å². The zero-order chi connectivity index (χ0) is 13.8. The lowest BCUT2D eigenvalue weighted by Crippen LogP contribution is -2.50. The van der Waals surface area contributed by atoms with Crippen molar-refractivity contribution in [1.82, 2.24) is 5.32 Å². The second kappa shape index (κ2) is 5.80. The number of hydrogen-bond donors (Lipinski definition) is 1. The Hall–Kier alpha value is -1.61. The molecule has 3 rings (SSSR count). The van der Waals surface area contributed by atoms with Crippen LogP contribution in [0.5, 0.6) is 0 Å². The summed E-state index contributed by atoms with van der Waals surface area (Å²) in [5.74, 6) is 0.168. The van der Waals surface area contributed by atoms with Gasteiger partial charge in [0.25, 0.3) is 0 Å². The first kappa shape index (κ1) is 13.4. The van der Waals surface area contributed by atoms with Gasteiger partial charge in [-0.1, -0.05) is 36.4 Å². The number of aryl methyl sites for hydroxylation is 1. The van der Waals surface area contributed by atoms with E-state index in [0.717, 1.165) is 19.3 Å². The van der Waals surface area contributed by atoms with Crippen molar-refractivity contribution in [2.75, 3.05) is 0 Å². The molecule has 0 bridgehead atoms. The van der Waals surface area contributed by atoms with Crippen LogP contribution in [0.15, 0.2) is 47.8 Å². The third-order valence-corrected chi connectivity index (χ3v) is 5.03. The standard InChI is InChI=1S/C17H19NOS/c19-16(10-9-15-8-4-13-20-15)18-17(11-5-12-17)14-6-2-1-3-7-14/h1-4,6-8,13H,5,9-12H2,(H,18,19). The predicted molar refractivity (Wildman–Crippen MR) is 82.8 cm³/mol. The van der Waals surface area contributed by atoms with Crippen molar-refractivity contribution in [1.29, 1.82) is 0 Å². The van der Waals surface area contributed by atoms with Gasteiger partial charge < -0.3 is 5.32 Å². The molecule has 3 heteroatoms. The number of amides is 1. The fraction of sp³-hybridized carbons (Fsp3) is 0.353. The van der Waals surface area contributed by atoms with Crippen molar-refractivity contribution in [3.63, 3.8) is 0 Å². The van der Waals surface area contributed by atoms with Gasteiger partial charge in [0.1, 0.15) is 0 Å². The van der Waals surface area contributed by atoms with E-state index in [2.05, 4.69) is 28.9 Å². The fourth-order valence-electron chi connectivity index (χ4n) is 2.79. The number of carbonyl (C=O) groups excluding carboxylic acids is 1. The molecule has 1 fully saturated rings. The highest BCUT2D eigenvalue weighted by Gasteiger charge is 2.39. The van der Waals surface area contributed by atoms with Crippen LogP contribution in [0.1, 0.15) is 36.1 Å². The Morgan fingerprint density at radius 3 is 2.55 bits per heavy atom. The van der Waals surface area contributed by atoms with E-state index in [1.807, 2.05) is 24.3 Å². The van der Waals surface area contributed by atoms with E-state index < -0.39 is 0 Å². The van der Waals surface area contributed by atoms with E-state index in [0.29, 0.717) is 6.42 Å². The Morgan fingerprint density at radius 1 is 1.15 bits per heavy atom. The second-order valence-electron chi connectivity index (χ2n) is 5.43. The molecule has 1 aliphatic rings. The summed E-state index contributed by atoms with van der Waals surface area (Å²) in [5.41, 5.74) is 1.14. The molecule has 0 unspecified atom stereocenters. The molecule has 104 valence electrons. The van der Waals surface area contributed by atoms with Crippen molar-refractivity contribution in [2.45, 2.75) is 37.6 Å². The minimum absolute atomic E-state index is 0.103. The lowest BCUT2D eigenvalue weighted by molar-refractivity contribution is -0.124. The lowest BCUT2D eigenvalue weighted by atomic mass is 9.71. The zero-order valence-electron chi connectivity index (χ0n) is 11.5. The summed E-state index contributed by atoms with van der Waals surface area (Å²) in [5, 5.41) is 5.33. The van der Waals surface area contributed by atoms with Crippen LogP contribution in [0.4, 0.5) is 0 Å². The molecule has 2 aromatic rings. The van der Waals surface area contributed by atoms with Gasteiger partial charge in [0, 0.05) is 11.3 Å². The van der Waals surface area contributed by atoms with E-state index in [4.69, 9.17) is 0 Å². The third kappa shape index (κ3) is 2.78. The van der Waals surface area contributed by atoms with Gasteiger partial charge in [-0.15, -0.1) is 11.3 Å². The zero-order valence-corrected chi connectivity index (χ0v) is 12.3. The first-order chi connectivity index (χ1) is 9.78. The lowest BCUT2D eigenvalue weighted by Gasteiger charge is -2.43. The summed E-state index contributed by atoms with van der Waals surface area (Å²) in [6.07, 6.45) is 4.73. The number of rotatable bonds is 5. The summed E-state index contributed by atoms with van der Waals surface area (Å²) < 4.78 is 0. The number of carbonyl (C=O) groups is 1. The highest BCUT2D eigenvalue weighted by molar-refractivity contribution is 7.09. The molecule has 0 aliphatic heterocycles. The van der Waals surface area contributed by atoms with Gasteiger partial charge in [-0.3, -0.25) is 4.79 Å². The molecule has 0 spiro atoms. The highest BCUT2D eigenvalue weighted by atomic mass is 32.1. The van der Waals surface area contributed by atoms with Gasteiger partial charge >= 0.3 is 0 Å². The van der Waals surface area contributed by atoms with E-state index in [-0.39, 0.29) is 11.4 Å². The second-order valence-corrected chi connectivity index (χ2v) is 6.46. The van der Waals surface area contributed by atoms with E-state index in [1.165, 1.54) is 16.9 Å². The Balaban J connectivity index is 1.62. The molecular weight excluding hydrogens is 266 g/mol. The van der Waals surface area contributed by atoms with Gasteiger partial charge in [0.2, 0.25) is 5.91 Å². The van der Waals surface area contributed by atoms with E-state index >= 15 is 0 Å². The van der Waals surface area contributed by atoms with Crippen LogP contribution >= 0.6 is 11.3 Å². The molecule has 1 aromatic carbocycles. The first-order valence-corrected chi connectivity index (χ1v) is 8.05. The number of nitrogens with one attached hydrogen (secondary N) is 1. The Bertz CT molecular complexity index is 558. The molecular formula is C17H19NOS. The summed E-state index contributed by atoms with van der Waals surface area (Å²) in [7, 11) is 0. The van der Waals surface area contributed by atoms with Gasteiger partial charge in [0.15, 0.2) is 0 Å². The van der Waals surface area contributed by atoms with Crippen molar-refractivity contribution < 1.29 is 4.79 Å². The Labute approximate surface area is 123 Å². The highest BCUT2D eigenvalue weighted by Crippen LogP contribution is 2.41. The minimum atomic E-state index is -0.103. The number of thiophene rings is 1. The van der Waals surface area contributed by atoms with Crippen LogP contribution in [-0.2, 0) is 16.8 Å². The van der Waals surface area contributed by atoms with E-state index in [9.17, 15) is 4.79 Å². The van der Waals surface area contributed by atoms with Crippen molar-refractivity contribution in [3.8, 4) is 0 Å². The van der Waals surface area contributed by atoms with Crippen molar-refractivity contribution in [2.24, 2.45) is 0 Å².